The molecule has 1 unspecified atom stereocenters. The number of thiazole rings is 1. The number of anilines is 1. The van der Waals surface area contributed by atoms with Gasteiger partial charge in [0, 0.05) is 31.1 Å². The number of sulfonamides is 1. The molecule has 1 saturated heterocycles. The topological polar surface area (TPSA) is 70.6 Å². The lowest BCUT2D eigenvalue weighted by molar-refractivity contribution is 0.0707. The number of hydrogen-bond acceptors (Lipinski definition) is 5. The Kier molecular flexibility index (Phi) is 4.78. The number of likely N-dealkylation sites (tertiary alicyclic amines) is 1. The minimum Gasteiger partial charge on any atom is -0.338 e. The Hall–Kier alpha value is -2.45. The molecule has 5 rings (SSSR count). The Morgan fingerprint density at radius 3 is 2.80 bits per heavy atom. The summed E-state index contributed by atoms with van der Waals surface area (Å²) in [5.41, 5.74) is 3.27. The largest absolute Gasteiger partial charge is 0.338 e. The van der Waals surface area contributed by atoms with E-state index in [0.717, 1.165) is 35.5 Å². The predicted molar refractivity (Wildman–Crippen MR) is 120 cm³/mol. The van der Waals surface area contributed by atoms with Crippen LogP contribution in [0.2, 0.25) is 0 Å². The molecule has 1 atom stereocenters. The summed E-state index contributed by atoms with van der Waals surface area (Å²) >= 11 is 1.72. The normalized spacial score (nSPS) is 19.3. The third kappa shape index (κ3) is 3.48. The molecule has 1 fully saturated rings. The van der Waals surface area contributed by atoms with Crippen LogP contribution in [0.3, 0.4) is 0 Å². The third-order valence-electron chi connectivity index (χ3n) is 5.95. The van der Waals surface area contributed by atoms with Crippen molar-refractivity contribution in [2.24, 2.45) is 0 Å². The Morgan fingerprint density at radius 2 is 2.00 bits per heavy atom. The van der Waals surface area contributed by atoms with Crippen LogP contribution in [0, 0.1) is 0 Å². The summed E-state index contributed by atoms with van der Waals surface area (Å²) in [6.45, 7) is 1.85. The van der Waals surface area contributed by atoms with Crippen LogP contribution in [-0.4, -0.2) is 50.1 Å². The number of carbonyl (C=O) groups excluding carboxylic acids is 1. The summed E-state index contributed by atoms with van der Waals surface area (Å²) in [4.78, 5) is 19.9. The minimum absolute atomic E-state index is 0.0152. The van der Waals surface area contributed by atoms with E-state index in [-0.39, 0.29) is 11.8 Å². The van der Waals surface area contributed by atoms with E-state index in [4.69, 9.17) is 4.98 Å². The number of aromatic nitrogens is 1. The molecule has 1 amide bonds. The van der Waals surface area contributed by atoms with Crippen LogP contribution in [0.4, 0.5) is 5.69 Å². The first-order chi connectivity index (χ1) is 14.4. The quantitative estimate of drug-likeness (QED) is 0.622. The van der Waals surface area contributed by atoms with Gasteiger partial charge in [-0.3, -0.25) is 9.10 Å². The minimum atomic E-state index is -3.29. The molecule has 0 spiro atoms. The second-order valence-corrected chi connectivity index (χ2v) is 11.0. The number of carbonyl (C=O) groups is 1. The molecule has 0 N–H and O–H groups in total. The highest BCUT2D eigenvalue weighted by atomic mass is 32.2. The van der Waals surface area contributed by atoms with Crippen molar-refractivity contribution in [3.63, 3.8) is 0 Å². The lowest BCUT2D eigenvalue weighted by atomic mass is 9.97. The van der Waals surface area contributed by atoms with Crippen LogP contribution in [0.15, 0.2) is 42.5 Å². The molecule has 156 valence electrons. The first kappa shape index (κ1) is 19.5. The molecule has 0 radical (unpaired) electrons. The van der Waals surface area contributed by atoms with E-state index < -0.39 is 10.0 Å². The van der Waals surface area contributed by atoms with Crippen molar-refractivity contribution in [1.29, 1.82) is 0 Å². The molecule has 6 nitrogen and oxygen atoms in total. The van der Waals surface area contributed by atoms with Gasteiger partial charge < -0.3 is 4.90 Å². The van der Waals surface area contributed by atoms with Gasteiger partial charge in [-0.1, -0.05) is 12.1 Å². The van der Waals surface area contributed by atoms with Gasteiger partial charge in [0.05, 0.1) is 27.2 Å². The smallest absolute Gasteiger partial charge is 0.253 e. The number of benzene rings is 2. The van der Waals surface area contributed by atoms with Crippen LogP contribution in [0.25, 0.3) is 10.2 Å². The highest BCUT2D eigenvalue weighted by molar-refractivity contribution is 7.92. The Morgan fingerprint density at radius 1 is 1.17 bits per heavy atom. The first-order valence-electron chi connectivity index (χ1n) is 10.2. The summed E-state index contributed by atoms with van der Waals surface area (Å²) in [5.74, 6) is 0.275. The summed E-state index contributed by atoms with van der Waals surface area (Å²) in [7, 11) is -3.29. The van der Waals surface area contributed by atoms with E-state index in [9.17, 15) is 13.2 Å². The van der Waals surface area contributed by atoms with Gasteiger partial charge in [0.2, 0.25) is 10.0 Å². The molecule has 3 aromatic rings. The van der Waals surface area contributed by atoms with Crippen molar-refractivity contribution in [2.75, 3.05) is 30.2 Å². The Balaban J connectivity index is 1.36. The second kappa shape index (κ2) is 7.35. The van der Waals surface area contributed by atoms with Crippen LogP contribution in [-0.2, 0) is 16.4 Å². The van der Waals surface area contributed by atoms with E-state index in [1.54, 1.807) is 23.5 Å². The van der Waals surface area contributed by atoms with Gasteiger partial charge in [0.15, 0.2) is 0 Å². The zero-order chi connectivity index (χ0) is 20.9. The summed E-state index contributed by atoms with van der Waals surface area (Å²) < 4.78 is 26.5. The van der Waals surface area contributed by atoms with Gasteiger partial charge in [-0.05, 0) is 55.2 Å². The first-order valence-corrected chi connectivity index (χ1v) is 12.8. The molecule has 0 saturated carbocycles. The highest BCUT2D eigenvalue weighted by Gasteiger charge is 2.30. The monoisotopic (exact) mass is 441 g/mol. The van der Waals surface area contributed by atoms with Gasteiger partial charge in [-0.2, -0.15) is 0 Å². The number of para-hydroxylation sites is 1. The molecule has 2 aliphatic heterocycles. The molecule has 2 aliphatic rings. The van der Waals surface area contributed by atoms with Crippen molar-refractivity contribution in [2.45, 2.75) is 25.2 Å². The lowest BCUT2D eigenvalue weighted by Crippen LogP contribution is -2.39. The third-order valence-corrected chi connectivity index (χ3v) is 8.33. The molecule has 30 heavy (non-hydrogen) atoms. The SMILES string of the molecule is CS(=O)(=O)N1CCc2cc(C(=O)N3CCCC(c4nc5ccccc5s4)C3)ccc21. The standard InChI is InChI=1S/C22H23N3O3S2/c1-30(27,28)25-12-10-15-13-16(8-9-19(15)25)22(26)24-11-4-5-17(14-24)21-23-18-6-2-3-7-20(18)29-21/h2-3,6-9,13,17H,4-5,10-12,14H2,1H3. The average molecular weight is 442 g/mol. The number of fused-ring (bicyclic) bond motifs is 2. The highest BCUT2D eigenvalue weighted by Crippen LogP contribution is 2.34. The molecular weight excluding hydrogens is 418 g/mol. The molecular formula is C22H23N3O3S2. The van der Waals surface area contributed by atoms with Crippen molar-refractivity contribution >= 4 is 43.2 Å². The lowest BCUT2D eigenvalue weighted by Gasteiger charge is -2.32. The molecule has 3 heterocycles. The maximum absolute atomic E-state index is 13.2. The summed E-state index contributed by atoms with van der Waals surface area (Å²) in [5, 5.41) is 1.10. The number of hydrogen-bond donors (Lipinski definition) is 0. The fraction of sp³-hybridized carbons (Fsp3) is 0.364. The number of nitrogens with zero attached hydrogens (tertiary/aromatic N) is 3. The average Bonchev–Trinajstić information content (AvgIpc) is 3.36. The fourth-order valence-electron chi connectivity index (χ4n) is 4.46. The van der Waals surface area contributed by atoms with Gasteiger partial charge in [-0.25, -0.2) is 13.4 Å². The predicted octanol–water partition coefficient (Wildman–Crippen LogP) is 3.64. The van der Waals surface area contributed by atoms with E-state index in [1.165, 1.54) is 15.3 Å². The number of piperidine rings is 1. The van der Waals surface area contributed by atoms with Crippen molar-refractivity contribution < 1.29 is 13.2 Å². The Labute approximate surface area is 180 Å². The molecule has 1 aromatic heterocycles. The van der Waals surface area contributed by atoms with Crippen molar-refractivity contribution in [3.8, 4) is 0 Å². The van der Waals surface area contributed by atoms with Crippen molar-refractivity contribution in [1.82, 2.24) is 9.88 Å². The van der Waals surface area contributed by atoms with Crippen LogP contribution in [0.5, 0.6) is 0 Å². The molecule has 0 aliphatic carbocycles. The van der Waals surface area contributed by atoms with E-state index >= 15 is 0 Å². The van der Waals surface area contributed by atoms with Gasteiger partial charge >= 0.3 is 0 Å². The number of rotatable bonds is 3. The second-order valence-electron chi connectivity index (χ2n) is 8.04. The van der Waals surface area contributed by atoms with Crippen LogP contribution < -0.4 is 4.31 Å². The maximum Gasteiger partial charge on any atom is 0.253 e. The maximum atomic E-state index is 13.2. The van der Waals surface area contributed by atoms with E-state index in [1.807, 2.05) is 29.2 Å². The molecule has 8 heteroatoms. The van der Waals surface area contributed by atoms with Crippen LogP contribution >= 0.6 is 11.3 Å². The summed E-state index contributed by atoms with van der Waals surface area (Å²) in [6, 6.07) is 13.5. The van der Waals surface area contributed by atoms with E-state index in [2.05, 4.69) is 6.07 Å². The van der Waals surface area contributed by atoms with Gasteiger partial charge in [-0.15, -0.1) is 11.3 Å². The van der Waals surface area contributed by atoms with Crippen LogP contribution in [0.1, 0.15) is 39.7 Å². The molecule has 2 aromatic carbocycles. The number of amides is 1. The van der Waals surface area contributed by atoms with Gasteiger partial charge in [0.25, 0.3) is 5.91 Å². The molecule has 0 bridgehead atoms. The zero-order valence-electron chi connectivity index (χ0n) is 16.7. The zero-order valence-corrected chi connectivity index (χ0v) is 18.4. The van der Waals surface area contributed by atoms with Gasteiger partial charge in [0.1, 0.15) is 0 Å². The summed E-state index contributed by atoms with van der Waals surface area (Å²) in [6.07, 6.45) is 3.85. The van der Waals surface area contributed by atoms with E-state index in [0.29, 0.717) is 30.8 Å². The Bertz CT molecular complexity index is 1200. The van der Waals surface area contributed by atoms with Crippen molar-refractivity contribution in [3.05, 3.63) is 58.6 Å². The fourth-order valence-corrected chi connectivity index (χ4v) is 6.51.